The van der Waals surface area contributed by atoms with Crippen molar-refractivity contribution in [3.63, 3.8) is 0 Å². The molecule has 168 valence electrons. The minimum Gasteiger partial charge on any atom is -0.516 e. The predicted octanol–water partition coefficient (Wildman–Crippen LogP) is 7.05. The highest BCUT2D eigenvalue weighted by molar-refractivity contribution is 5.96. The van der Waals surface area contributed by atoms with Gasteiger partial charge >= 0.3 is 0 Å². The van der Waals surface area contributed by atoms with Crippen molar-refractivity contribution in [1.82, 2.24) is 0 Å². The van der Waals surface area contributed by atoms with Gasteiger partial charge in [-0.15, -0.1) is 0 Å². The lowest BCUT2D eigenvalue weighted by Gasteiger charge is -2.48. The number of hydrogen-bond acceptors (Lipinski definition) is 3. The van der Waals surface area contributed by atoms with Crippen LogP contribution < -0.4 is 0 Å². The van der Waals surface area contributed by atoms with Crippen LogP contribution in [0.25, 0.3) is 0 Å². The first-order valence-corrected chi connectivity index (χ1v) is 11.9. The summed E-state index contributed by atoms with van der Waals surface area (Å²) in [7, 11) is 0. The van der Waals surface area contributed by atoms with Crippen LogP contribution in [0.4, 0.5) is 0 Å². The molecule has 2 aliphatic carbocycles. The molecule has 32 heavy (non-hydrogen) atoms. The molecule has 0 bridgehead atoms. The van der Waals surface area contributed by atoms with Gasteiger partial charge in [0.1, 0.15) is 0 Å². The molecule has 2 saturated carbocycles. The number of aliphatic hydroxyl groups excluding tert-OH is 2. The molecule has 0 saturated heterocycles. The topological polar surface area (TPSA) is 57.5 Å². The fourth-order valence-electron chi connectivity index (χ4n) is 6.09. The predicted molar refractivity (Wildman–Crippen MR) is 129 cm³/mol. The summed E-state index contributed by atoms with van der Waals surface area (Å²) in [6.07, 6.45) is 10.5. The second-order valence-corrected chi connectivity index (χ2v) is 9.54. The van der Waals surface area contributed by atoms with Crippen LogP contribution >= 0.6 is 0 Å². The van der Waals surface area contributed by atoms with Gasteiger partial charge < -0.3 is 10.2 Å². The maximum atomic E-state index is 14.8. The van der Waals surface area contributed by atoms with Gasteiger partial charge in [-0.25, -0.2) is 0 Å². The highest BCUT2D eigenvalue weighted by atomic mass is 16.2. The largest absolute Gasteiger partial charge is 0.516 e. The molecule has 2 fully saturated rings. The van der Waals surface area contributed by atoms with Gasteiger partial charge in [0, 0.05) is 0 Å². The molecule has 4 rings (SSSR count). The fourth-order valence-corrected chi connectivity index (χ4v) is 6.09. The van der Waals surface area contributed by atoms with Crippen LogP contribution in [0.2, 0.25) is 0 Å². The Hall–Kier alpha value is -2.81. The number of rotatable bonds is 6. The summed E-state index contributed by atoms with van der Waals surface area (Å²) in [4.78, 5) is 14.8. The lowest BCUT2D eigenvalue weighted by Crippen LogP contribution is -2.50. The van der Waals surface area contributed by atoms with Gasteiger partial charge in [-0.05, 0) is 73.6 Å². The zero-order valence-corrected chi connectivity index (χ0v) is 18.8. The molecular formula is C29H34O3. The Morgan fingerprint density at radius 1 is 0.688 bits per heavy atom. The maximum absolute atomic E-state index is 14.8. The lowest BCUT2D eigenvalue weighted by atomic mass is 9.53. The second-order valence-electron chi connectivity index (χ2n) is 9.54. The minimum atomic E-state index is -0.741. The molecular weight excluding hydrogens is 396 g/mol. The van der Waals surface area contributed by atoms with Crippen molar-refractivity contribution < 1.29 is 15.0 Å². The van der Waals surface area contributed by atoms with E-state index >= 15 is 0 Å². The highest BCUT2D eigenvalue weighted by Gasteiger charge is 2.54. The van der Waals surface area contributed by atoms with Crippen molar-refractivity contribution >= 4 is 5.78 Å². The standard InChI is InChI=1S/C29H34O3/c30-21-25-15-7-9-17-28(25,19-23-11-3-1-4-12-23)27(32)29(18-10-8-16-26(29)22-31)20-24-13-5-2-6-14-24/h1-6,11-14,21-22,30-31H,7-10,15-20H2. The zero-order valence-electron chi connectivity index (χ0n) is 18.8. The van der Waals surface area contributed by atoms with Crippen LogP contribution in [0.15, 0.2) is 84.3 Å². The summed E-state index contributed by atoms with van der Waals surface area (Å²) in [6.45, 7) is 0. The van der Waals surface area contributed by atoms with Crippen LogP contribution in [0.1, 0.15) is 62.5 Å². The number of benzene rings is 2. The lowest BCUT2D eigenvalue weighted by molar-refractivity contribution is -0.137. The Labute approximate surface area is 191 Å². The normalized spacial score (nSPS) is 28.6. The summed E-state index contributed by atoms with van der Waals surface area (Å²) in [5.41, 5.74) is 2.45. The number of Topliss-reactive ketones (excluding diaryl/α,β-unsaturated/α-hetero) is 1. The molecule has 0 spiro atoms. The molecule has 2 aliphatic rings. The fraction of sp³-hybridized carbons (Fsp3) is 0.414. The van der Waals surface area contributed by atoms with E-state index in [1.165, 1.54) is 12.5 Å². The number of carbonyl (C=O) groups excluding carboxylic acids is 1. The van der Waals surface area contributed by atoms with Crippen molar-refractivity contribution in [1.29, 1.82) is 0 Å². The van der Waals surface area contributed by atoms with E-state index in [-0.39, 0.29) is 5.78 Å². The third-order valence-corrected chi connectivity index (χ3v) is 7.71. The number of ketones is 1. The van der Waals surface area contributed by atoms with Gasteiger partial charge in [-0.1, -0.05) is 73.5 Å². The number of allylic oxidation sites excluding steroid dienone is 2. The Balaban J connectivity index is 1.84. The van der Waals surface area contributed by atoms with E-state index in [0.29, 0.717) is 12.8 Å². The van der Waals surface area contributed by atoms with E-state index in [1.807, 2.05) is 36.4 Å². The molecule has 0 amide bonds. The van der Waals surface area contributed by atoms with Gasteiger partial charge in [0.05, 0.1) is 23.4 Å². The molecule has 2 aromatic rings. The Morgan fingerprint density at radius 3 is 1.47 bits per heavy atom. The van der Waals surface area contributed by atoms with Crippen LogP contribution in [0.5, 0.6) is 0 Å². The SMILES string of the molecule is O=C(C1(Cc2ccccc2)CCCCC1=CO)C1(Cc2ccccc2)CCCCC1=CO. The van der Waals surface area contributed by atoms with Crippen LogP contribution in [0.3, 0.4) is 0 Å². The van der Waals surface area contributed by atoms with Gasteiger partial charge in [0.15, 0.2) is 5.78 Å². The summed E-state index contributed by atoms with van der Waals surface area (Å²) >= 11 is 0. The van der Waals surface area contributed by atoms with Gasteiger partial charge in [0.2, 0.25) is 0 Å². The summed E-state index contributed by atoms with van der Waals surface area (Å²) in [5, 5.41) is 20.5. The van der Waals surface area contributed by atoms with Crippen molar-refractivity contribution in [2.45, 2.75) is 64.2 Å². The molecule has 0 aliphatic heterocycles. The third kappa shape index (κ3) is 4.13. The first kappa shape index (κ1) is 22.4. The quantitative estimate of drug-likeness (QED) is 0.483. The highest BCUT2D eigenvalue weighted by Crippen LogP contribution is 2.54. The average Bonchev–Trinajstić information content (AvgIpc) is 2.85. The molecule has 3 nitrogen and oxygen atoms in total. The molecule has 0 radical (unpaired) electrons. The Bertz CT molecular complexity index is 896. The van der Waals surface area contributed by atoms with Gasteiger partial charge in [0.25, 0.3) is 0 Å². The Morgan fingerprint density at radius 2 is 1.09 bits per heavy atom. The first-order chi connectivity index (χ1) is 15.6. The Kier molecular flexibility index (Phi) is 6.83. The molecule has 0 aromatic heterocycles. The van der Waals surface area contributed by atoms with E-state index < -0.39 is 10.8 Å². The van der Waals surface area contributed by atoms with Crippen LogP contribution in [0, 0.1) is 10.8 Å². The molecule has 2 aromatic carbocycles. The van der Waals surface area contributed by atoms with Crippen LogP contribution in [-0.4, -0.2) is 16.0 Å². The monoisotopic (exact) mass is 430 g/mol. The molecule has 0 heterocycles. The molecule has 3 heteroatoms. The van der Waals surface area contributed by atoms with Crippen molar-refractivity contribution in [2.24, 2.45) is 10.8 Å². The van der Waals surface area contributed by atoms with Gasteiger partial charge in [-0.3, -0.25) is 4.79 Å². The zero-order chi connectivity index (χ0) is 22.4. The second kappa shape index (κ2) is 9.77. The summed E-state index contributed by atoms with van der Waals surface area (Å²) in [5.74, 6) is 0.178. The smallest absolute Gasteiger partial charge is 0.154 e. The van der Waals surface area contributed by atoms with Crippen molar-refractivity contribution in [3.05, 3.63) is 95.5 Å². The van der Waals surface area contributed by atoms with E-state index in [1.54, 1.807) is 0 Å². The van der Waals surface area contributed by atoms with Gasteiger partial charge in [-0.2, -0.15) is 0 Å². The summed E-state index contributed by atoms with van der Waals surface area (Å²) < 4.78 is 0. The molecule has 2 atom stereocenters. The minimum absolute atomic E-state index is 0.178. The van der Waals surface area contributed by atoms with E-state index in [4.69, 9.17) is 0 Å². The first-order valence-electron chi connectivity index (χ1n) is 11.9. The average molecular weight is 431 g/mol. The van der Waals surface area contributed by atoms with Crippen LogP contribution in [-0.2, 0) is 17.6 Å². The van der Waals surface area contributed by atoms with E-state index in [0.717, 1.165) is 73.6 Å². The molecule has 2 unspecified atom stereocenters. The van der Waals surface area contributed by atoms with Crippen molar-refractivity contribution in [2.75, 3.05) is 0 Å². The number of carbonyl (C=O) groups is 1. The summed E-state index contributed by atoms with van der Waals surface area (Å²) in [6, 6.07) is 20.3. The van der Waals surface area contributed by atoms with E-state index in [2.05, 4.69) is 24.3 Å². The third-order valence-electron chi connectivity index (χ3n) is 7.71. The molecule has 2 N–H and O–H groups in total. The van der Waals surface area contributed by atoms with E-state index in [9.17, 15) is 15.0 Å². The van der Waals surface area contributed by atoms with Crippen molar-refractivity contribution in [3.8, 4) is 0 Å². The number of hydrogen-bond donors (Lipinski definition) is 2. The maximum Gasteiger partial charge on any atom is 0.154 e. The number of aliphatic hydroxyl groups is 2.